The minimum Gasteiger partial charge on any atom is -0.377 e. The van der Waals surface area contributed by atoms with E-state index in [1.165, 1.54) is 0 Å². The highest BCUT2D eigenvalue weighted by Gasteiger charge is 2.28. The zero-order chi connectivity index (χ0) is 12.7. The molecule has 3 nitrogen and oxygen atoms in total. The first-order valence-electron chi connectivity index (χ1n) is 5.62. The molecular weight excluding hydrogens is 202 g/mol. The minimum atomic E-state index is -0.375. The summed E-state index contributed by atoms with van der Waals surface area (Å²) in [7, 11) is 0. The van der Waals surface area contributed by atoms with Crippen molar-refractivity contribution < 1.29 is 0 Å². The van der Waals surface area contributed by atoms with Crippen molar-refractivity contribution in [3.8, 4) is 0 Å². The van der Waals surface area contributed by atoms with Crippen LogP contribution in [0.3, 0.4) is 0 Å². The predicted molar refractivity (Wildman–Crippen MR) is 67.9 cm³/mol. The van der Waals surface area contributed by atoms with Crippen LogP contribution in [0.2, 0.25) is 0 Å². The van der Waals surface area contributed by atoms with Gasteiger partial charge in [0.05, 0.1) is 5.69 Å². The number of hydrogen-bond donors (Lipinski definition) is 1. The first-order chi connectivity index (χ1) is 7.03. The van der Waals surface area contributed by atoms with Gasteiger partial charge in [-0.25, -0.2) is 0 Å². The average Bonchev–Trinajstić information content (AvgIpc) is 2.08. The van der Waals surface area contributed by atoms with Crippen molar-refractivity contribution in [2.75, 3.05) is 5.32 Å². The molecule has 16 heavy (non-hydrogen) atoms. The fourth-order valence-corrected chi connectivity index (χ4v) is 2.36. The van der Waals surface area contributed by atoms with Crippen LogP contribution in [0.4, 0.5) is 5.69 Å². The summed E-state index contributed by atoms with van der Waals surface area (Å²) in [6, 6.07) is 0. The lowest BCUT2D eigenvalue weighted by Crippen LogP contribution is -2.44. The van der Waals surface area contributed by atoms with Gasteiger partial charge in [-0.3, -0.25) is 9.59 Å². The molecule has 0 bridgehead atoms. The minimum absolute atomic E-state index is 0.175. The van der Waals surface area contributed by atoms with Crippen molar-refractivity contribution in [1.82, 2.24) is 0 Å². The molecule has 1 aromatic rings. The smallest absolute Gasteiger partial charge is 0.249 e. The van der Waals surface area contributed by atoms with Gasteiger partial charge in [0.15, 0.2) is 0 Å². The molecule has 1 N–H and O–H groups in total. The van der Waals surface area contributed by atoms with Crippen molar-refractivity contribution >= 4 is 5.69 Å². The maximum absolute atomic E-state index is 11.3. The van der Waals surface area contributed by atoms with E-state index in [2.05, 4.69) is 39.9 Å². The fourth-order valence-electron chi connectivity index (χ4n) is 2.36. The van der Waals surface area contributed by atoms with Crippen LogP contribution in [0.1, 0.15) is 46.6 Å². The van der Waals surface area contributed by atoms with E-state index in [1.54, 1.807) is 6.92 Å². The Morgan fingerprint density at radius 1 is 1.00 bits per heavy atom. The molecule has 0 unspecified atom stereocenters. The molecule has 0 aromatic heterocycles. The van der Waals surface area contributed by atoms with Crippen LogP contribution in [-0.4, -0.2) is 5.54 Å². The van der Waals surface area contributed by atoms with Gasteiger partial charge in [0.25, 0.3) is 0 Å². The lowest BCUT2D eigenvalue weighted by atomic mass is 9.81. The molecule has 0 aliphatic carbocycles. The Hall–Kier alpha value is -1.12. The second-order valence-electron chi connectivity index (χ2n) is 6.40. The average molecular weight is 223 g/mol. The molecule has 0 aliphatic heterocycles. The third-order valence-corrected chi connectivity index (χ3v) is 2.58. The van der Waals surface area contributed by atoms with Crippen molar-refractivity contribution in [1.29, 1.82) is 0 Å². The second kappa shape index (κ2) is 3.72. The molecule has 1 rings (SSSR count). The van der Waals surface area contributed by atoms with Crippen molar-refractivity contribution in [3.63, 3.8) is 0 Å². The van der Waals surface area contributed by atoms with E-state index in [0.29, 0.717) is 11.3 Å². The summed E-state index contributed by atoms with van der Waals surface area (Å²) in [6.45, 7) is 12.3. The summed E-state index contributed by atoms with van der Waals surface area (Å²) in [5.74, 6) is 0. The van der Waals surface area contributed by atoms with Crippen LogP contribution in [0.25, 0.3) is 0 Å². The Kier molecular flexibility index (Phi) is 3.01. The Morgan fingerprint density at radius 3 is 1.88 bits per heavy atom. The summed E-state index contributed by atoms with van der Waals surface area (Å²) < 4.78 is 0. The normalized spacial score (nSPS) is 13.1. The molecule has 0 saturated carbocycles. The molecule has 1 aromatic carbocycles. The first-order valence-corrected chi connectivity index (χ1v) is 5.62. The molecule has 3 heteroatoms. The fraction of sp³-hybridized carbons (Fsp3) is 0.692. The summed E-state index contributed by atoms with van der Waals surface area (Å²) in [5.41, 5.74) is 0.340. The molecule has 0 atom stereocenters. The molecule has 0 aliphatic rings. The predicted octanol–water partition coefficient (Wildman–Crippen LogP) is 2.22. The van der Waals surface area contributed by atoms with Gasteiger partial charge in [-0.1, -0.05) is 20.8 Å². The maximum Gasteiger partial charge on any atom is 0.249 e. The van der Waals surface area contributed by atoms with E-state index in [0.717, 1.165) is 6.42 Å². The summed E-state index contributed by atoms with van der Waals surface area (Å²) in [5, 5.41) is 3.19. The van der Waals surface area contributed by atoms with E-state index in [9.17, 15) is 9.59 Å². The molecule has 0 fully saturated rings. The van der Waals surface area contributed by atoms with Crippen LogP contribution in [0.5, 0.6) is 0 Å². The van der Waals surface area contributed by atoms with E-state index < -0.39 is 0 Å². The monoisotopic (exact) mass is 223 g/mol. The van der Waals surface area contributed by atoms with Gasteiger partial charge in [-0.15, -0.1) is 0 Å². The molecule has 0 amide bonds. The van der Waals surface area contributed by atoms with Gasteiger partial charge in [-0.05, 0) is 32.6 Å². The van der Waals surface area contributed by atoms with Gasteiger partial charge in [0, 0.05) is 11.1 Å². The number of hydrogen-bond acceptors (Lipinski definition) is 3. The van der Waals surface area contributed by atoms with Gasteiger partial charge >= 0.3 is 0 Å². The third kappa shape index (κ3) is 2.71. The maximum atomic E-state index is 11.3. The zero-order valence-corrected chi connectivity index (χ0v) is 11.0. The van der Waals surface area contributed by atoms with Gasteiger partial charge in [0.2, 0.25) is 10.9 Å². The zero-order valence-electron chi connectivity index (χ0n) is 11.0. The summed E-state index contributed by atoms with van der Waals surface area (Å²) >= 11 is 0. The molecule has 0 spiro atoms. The second-order valence-corrected chi connectivity index (χ2v) is 6.40. The Morgan fingerprint density at radius 2 is 1.50 bits per heavy atom. The topological polar surface area (TPSA) is 46.2 Å². The van der Waals surface area contributed by atoms with Gasteiger partial charge < -0.3 is 5.32 Å². The van der Waals surface area contributed by atoms with Crippen molar-refractivity contribution in [3.05, 3.63) is 26.0 Å². The van der Waals surface area contributed by atoms with Crippen LogP contribution in [-0.2, 0) is 0 Å². The summed E-state index contributed by atoms with van der Waals surface area (Å²) in [6.07, 6.45) is 0.929. The molecular formula is C13H21NO2. The van der Waals surface area contributed by atoms with Crippen LogP contribution in [0, 0.1) is 12.3 Å². The highest BCUT2D eigenvalue weighted by atomic mass is 16.2. The Bertz CT molecular complexity index is 457. The number of rotatable bonds is 3. The lowest BCUT2D eigenvalue weighted by Gasteiger charge is -2.34. The van der Waals surface area contributed by atoms with E-state index >= 15 is 0 Å². The number of anilines is 1. The first kappa shape index (κ1) is 12.9. The van der Waals surface area contributed by atoms with E-state index in [1.807, 2.05) is 0 Å². The largest absolute Gasteiger partial charge is 0.377 e. The van der Waals surface area contributed by atoms with Crippen LogP contribution < -0.4 is 16.2 Å². The molecule has 0 heterocycles. The standard InChI is InChI=1S/C13H21NO2/c1-8-9(11(16)10(8)15)14-13(5,6)7-12(2,3)4/h14H,7H2,1-6H3. The summed E-state index contributed by atoms with van der Waals surface area (Å²) in [4.78, 5) is 22.4. The van der Waals surface area contributed by atoms with E-state index in [4.69, 9.17) is 0 Å². The Labute approximate surface area is 96.6 Å². The lowest BCUT2D eigenvalue weighted by molar-refractivity contribution is 0.302. The molecule has 0 radical (unpaired) electrons. The number of nitrogens with one attached hydrogen (secondary N) is 1. The molecule has 90 valence electrons. The van der Waals surface area contributed by atoms with E-state index in [-0.39, 0.29) is 21.8 Å². The highest BCUT2D eigenvalue weighted by Crippen LogP contribution is 2.29. The van der Waals surface area contributed by atoms with Crippen molar-refractivity contribution in [2.45, 2.75) is 53.5 Å². The van der Waals surface area contributed by atoms with Crippen LogP contribution >= 0.6 is 0 Å². The third-order valence-electron chi connectivity index (χ3n) is 2.58. The highest BCUT2D eigenvalue weighted by molar-refractivity contribution is 5.56. The SMILES string of the molecule is Cc1c(NC(C)(C)CC(C)(C)C)c(=O)c1=O. The van der Waals surface area contributed by atoms with Gasteiger partial charge in [-0.2, -0.15) is 0 Å². The molecule has 0 saturated heterocycles. The Balaban J connectivity index is 2.83. The quantitative estimate of drug-likeness (QED) is 0.799. The van der Waals surface area contributed by atoms with Gasteiger partial charge in [0.1, 0.15) is 0 Å². The van der Waals surface area contributed by atoms with Crippen molar-refractivity contribution in [2.24, 2.45) is 5.41 Å². The van der Waals surface area contributed by atoms with Crippen LogP contribution in [0.15, 0.2) is 9.59 Å².